The van der Waals surface area contributed by atoms with E-state index in [1.54, 1.807) is 12.1 Å². The first-order valence-electron chi connectivity index (χ1n) is 7.20. The van der Waals surface area contributed by atoms with Gasteiger partial charge in [-0.2, -0.15) is 0 Å². The second-order valence-electron chi connectivity index (χ2n) is 5.35. The molecule has 5 nitrogen and oxygen atoms in total. The number of carbonyl (C=O) groups excluding carboxylic acids is 1. The molecule has 23 heavy (non-hydrogen) atoms. The van der Waals surface area contributed by atoms with Crippen molar-refractivity contribution in [3.8, 4) is 0 Å². The van der Waals surface area contributed by atoms with Gasteiger partial charge in [-0.15, -0.1) is 0 Å². The van der Waals surface area contributed by atoms with Crippen molar-refractivity contribution in [3.05, 3.63) is 59.7 Å². The maximum atomic E-state index is 10.7. The van der Waals surface area contributed by atoms with Gasteiger partial charge in [-0.3, -0.25) is 10.9 Å². The van der Waals surface area contributed by atoms with Crippen molar-refractivity contribution < 1.29 is 9.90 Å². The minimum atomic E-state index is -1.20. The zero-order chi connectivity index (χ0) is 16.8. The number of hydrogen-bond acceptors (Lipinski definition) is 4. The van der Waals surface area contributed by atoms with E-state index >= 15 is 0 Å². The third-order valence-corrected chi connectivity index (χ3v) is 3.48. The summed E-state index contributed by atoms with van der Waals surface area (Å²) in [4.78, 5) is 10.7. The SMILES string of the molecule is CC(C)c1ccc(NC(=S)NNc2ccc(C(=O)[O-])cc2)cc1. The fourth-order valence-corrected chi connectivity index (χ4v) is 2.10. The van der Waals surface area contributed by atoms with Crippen molar-refractivity contribution >= 4 is 34.7 Å². The largest absolute Gasteiger partial charge is 0.545 e. The van der Waals surface area contributed by atoms with Crippen LogP contribution >= 0.6 is 12.2 Å². The summed E-state index contributed by atoms with van der Waals surface area (Å²) in [5, 5.41) is 14.1. The van der Waals surface area contributed by atoms with E-state index in [1.807, 2.05) is 12.1 Å². The molecule has 0 fully saturated rings. The summed E-state index contributed by atoms with van der Waals surface area (Å²) in [6, 6.07) is 14.2. The molecule has 0 saturated heterocycles. The first kappa shape index (κ1) is 16.8. The van der Waals surface area contributed by atoms with E-state index in [2.05, 4.69) is 42.1 Å². The van der Waals surface area contributed by atoms with Gasteiger partial charge >= 0.3 is 0 Å². The number of carbonyl (C=O) groups is 1. The summed E-state index contributed by atoms with van der Waals surface area (Å²) in [6.45, 7) is 4.29. The first-order chi connectivity index (χ1) is 11.0. The summed E-state index contributed by atoms with van der Waals surface area (Å²) in [5.41, 5.74) is 8.70. The van der Waals surface area contributed by atoms with Crippen molar-refractivity contribution in [2.24, 2.45) is 0 Å². The number of nitrogens with one attached hydrogen (secondary N) is 3. The van der Waals surface area contributed by atoms with E-state index < -0.39 is 5.97 Å². The van der Waals surface area contributed by atoms with Crippen molar-refractivity contribution in [3.63, 3.8) is 0 Å². The van der Waals surface area contributed by atoms with Crippen LogP contribution in [0.3, 0.4) is 0 Å². The number of carboxylic acids is 1. The highest BCUT2D eigenvalue weighted by Crippen LogP contribution is 2.17. The van der Waals surface area contributed by atoms with Gasteiger partial charge in [0.15, 0.2) is 5.11 Å². The molecule has 0 amide bonds. The number of carboxylic acid groups (broad SMARTS) is 1. The normalized spacial score (nSPS) is 10.2. The number of hydrazine groups is 1. The molecule has 0 spiro atoms. The Labute approximate surface area is 140 Å². The van der Waals surface area contributed by atoms with Crippen LogP contribution in [0.15, 0.2) is 48.5 Å². The Morgan fingerprint density at radius 1 is 1.00 bits per heavy atom. The maximum Gasteiger partial charge on any atom is 0.189 e. The van der Waals surface area contributed by atoms with Crippen molar-refractivity contribution in [1.82, 2.24) is 5.43 Å². The lowest BCUT2D eigenvalue weighted by Crippen LogP contribution is -2.33. The molecule has 6 heteroatoms. The third kappa shape index (κ3) is 4.96. The second kappa shape index (κ2) is 7.60. The van der Waals surface area contributed by atoms with E-state index in [4.69, 9.17) is 12.2 Å². The van der Waals surface area contributed by atoms with Crippen LogP contribution in [0.5, 0.6) is 0 Å². The van der Waals surface area contributed by atoms with E-state index in [1.165, 1.54) is 17.7 Å². The van der Waals surface area contributed by atoms with E-state index in [0.717, 1.165) is 5.69 Å². The Hall–Kier alpha value is -2.60. The lowest BCUT2D eigenvalue weighted by molar-refractivity contribution is -0.255. The zero-order valence-electron chi connectivity index (χ0n) is 12.9. The Morgan fingerprint density at radius 3 is 2.09 bits per heavy atom. The highest BCUT2D eigenvalue weighted by atomic mass is 32.1. The quantitative estimate of drug-likeness (QED) is 0.578. The molecular formula is C17H18N3O2S-. The third-order valence-electron chi connectivity index (χ3n) is 3.28. The number of aromatic carboxylic acids is 1. The van der Waals surface area contributed by atoms with Gasteiger partial charge < -0.3 is 15.2 Å². The predicted molar refractivity (Wildman–Crippen MR) is 94.3 cm³/mol. The van der Waals surface area contributed by atoms with Gasteiger partial charge in [-0.1, -0.05) is 38.1 Å². The van der Waals surface area contributed by atoms with Crippen molar-refractivity contribution in [1.29, 1.82) is 0 Å². The number of thiocarbonyl (C=S) groups is 1. The molecule has 0 aliphatic rings. The van der Waals surface area contributed by atoms with Crippen LogP contribution in [0.2, 0.25) is 0 Å². The van der Waals surface area contributed by atoms with Crippen molar-refractivity contribution in [2.45, 2.75) is 19.8 Å². The van der Waals surface area contributed by atoms with Gasteiger partial charge in [-0.25, -0.2) is 0 Å². The molecular weight excluding hydrogens is 310 g/mol. The predicted octanol–water partition coefficient (Wildman–Crippen LogP) is 2.49. The molecule has 2 rings (SSSR count). The lowest BCUT2D eigenvalue weighted by Gasteiger charge is -2.14. The molecule has 0 radical (unpaired) electrons. The number of benzene rings is 2. The van der Waals surface area contributed by atoms with E-state index in [-0.39, 0.29) is 5.56 Å². The molecule has 0 aromatic heterocycles. The van der Waals surface area contributed by atoms with Gasteiger partial charge in [0.2, 0.25) is 0 Å². The van der Waals surface area contributed by atoms with Crippen LogP contribution in [-0.2, 0) is 0 Å². The fraction of sp³-hybridized carbons (Fsp3) is 0.176. The van der Waals surface area contributed by atoms with Crippen molar-refractivity contribution in [2.75, 3.05) is 10.7 Å². The Bertz CT molecular complexity index is 682. The molecule has 0 aliphatic carbocycles. The van der Waals surface area contributed by atoms with Crippen LogP contribution in [-0.4, -0.2) is 11.1 Å². The maximum absolute atomic E-state index is 10.7. The molecule has 2 aromatic rings. The van der Waals surface area contributed by atoms with Gasteiger partial charge in [0.1, 0.15) is 0 Å². The first-order valence-corrected chi connectivity index (χ1v) is 7.61. The number of anilines is 2. The minimum Gasteiger partial charge on any atom is -0.545 e. The summed E-state index contributed by atoms with van der Waals surface area (Å²) in [5.74, 6) is -0.716. The standard InChI is InChI=1S/C17H19N3O2S/c1-11(2)12-3-7-14(8-4-12)18-17(23)20-19-15-9-5-13(6-10-15)16(21)22/h3-11,19H,1-2H3,(H,21,22)(H2,18,20,23)/p-1. The number of rotatable bonds is 5. The van der Waals surface area contributed by atoms with E-state index in [0.29, 0.717) is 16.7 Å². The van der Waals surface area contributed by atoms with Gasteiger partial charge in [0, 0.05) is 5.69 Å². The Kier molecular flexibility index (Phi) is 5.54. The molecule has 0 heterocycles. The second-order valence-corrected chi connectivity index (χ2v) is 5.75. The topological polar surface area (TPSA) is 76.2 Å². The molecule has 0 unspecified atom stereocenters. The van der Waals surface area contributed by atoms with Crippen LogP contribution in [0, 0.1) is 0 Å². The van der Waals surface area contributed by atoms with Gasteiger partial charge in [0.05, 0.1) is 11.7 Å². The van der Waals surface area contributed by atoms with Gasteiger partial charge in [0.25, 0.3) is 0 Å². The number of hydrogen-bond donors (Lipinski definition) is 3. The van der Waals surface area contributed by atoms with Crippen LogP contribution in [0.25, 0.3) is 0 Å². The monoisotopic (exact) mass is 328 g/mol. The van der Waals surface area contributed by atoms with Crippen LogP contribution < -0.4 is 21.3 Å². The molecule has 0 saturated carbocycles. The van der Waals surface area contributed by atoms with Gasteiger partial charge in [-0.05, 0) is 53.5 Å². The zero-order valence-corrected chi connectivity index (χ0v) is 13.7. The van der Waals surface area contributed by atoms with Crippen LogP contribution in [0.1, 0.15) is 35.7 Å². The summed E-state index contributed by atoms with van der Waals surface area (Å²) in [7, 11) is 0. The Morgan fingerprint density at radius 2 is 1.57 bits per heavy atom. The van der Waals surface area contributed by atoms with E-state index in [9.17, 15) is 9.90 Å². The smallest absolute Gasteiger partial charge is 0.189 e. The molecule has 0 aliphatic heterocycles. The average Bonchev–Trinajstić information content (AvgIpc) is 2.54. The fourth-order valence-electron chi connectivity index (χ4n) is 1.93. The Balaban J connectivity index is 1.86. The molecule has 0 bridgehead atoms. The summed E-state index contributed by atoms with van der Waals surface area (Å²) in [6.07, 6.45) is 0. The minimum absolute atomic E-state index is 0.126. The summed E-state index contributed by atoms with van der Waals surface area (Å²) >= 11 is 5.20. The molecule has 3 N–H and O–H groups in total. The highest BCUT2D eigenvalue weighted by molar-refractivity contribution is 7.80. The average molecular weight is 328 g/mol. The summed E-state index contributed by atoms with van der Waals surface area (Å²) < 4.78 is 0. The lowest BCUT2D eigenvalue weighted by atomic mass is 10.0. The molecule has 2 aromatic carbocycles. The highest BCUT2D eigenvalue weighted by Gasteiger charge is 2.01. The van der Waals surface area contributed by atoms with Crippen LogP contribution in [0.4, 0.5) is 11.4 Å². The molecule has 0 atom stereocenters. The molecule has 120 valence electrons.